The molecule has 0 bridgehead atoms. The lowest BCUT2D eigenvalue weighted by Gasteiger charge is -2.34. The normalized spacial score (nSPS) is 18.3. The van der Waals surface area contributed by atoms with Gasteiger partial charge in [0.05, 0.1) is 23.2 Å². The van der Waals surface area contributed by atoms with Gasteiger partial charge >= 0.3 is 0 Å². The summed E-state index contributed by atoms with van der Waals surface area (Å²) >= 11 is 0. The second-order valence-electron chi connectivity index (χ2n) is 13.8. The molecule has 1 atom stereocenters. The molecule has 50 heavy (non-hydrogen) atoms. The predicted molar refractivity (Wildman–Crippen MR) is 204 cm³/mol. The van der Waals surface area contributed by atoms with Crippen molar-refractivity contribution >= 4 is 57.3 Å². The number of piperidine rings is 1. The number of benzene rings is 3. The summed E-state index contributed by atoms with van der Waals surface area (Å²) in [6, 6.07) is 18.3. The van der Waals surface area contributed by atoms with Crippen molar-refractivity contribution in [2.75, 3.05) is 44.6 Å². The van der Waals surface area contributed by atoms with Gasteiger partial charge in [0.15, 0.2) is 0 Å². The van der Waals surface area contributed by atoms with Gasteiger partial charge in [-0.3, -0.25) is 19.3 Å². The Labute approximate surface area is 308 Å². The van der Waals surface area contributed by atoms with Gasteiger partial charge in [-0.15, -0.1) is 24.8 Å². The van der Waals surface area contributed by atoms with Gasteiger partial charge in [-0.1, -0.05) is 36.8 Å². The van der Waals surface area contributed by atoms with Crippen LogP contribution in [0.15, 0.2) is 65.7 Å². The van der Waals surface area contributed by atoms with Gasteiger partial charge in [0.25, 0.3) is 10.0 Å². The van der Waals surface area contributed by atoms with Crippen molar-refractivity contribution in [1.29, 1.82) is 0 Å². The summed E-state index contributed by atoms with van der Waals surface area (Å²) in [6.45, 7) is 10.6. The maximum absolute atomic E-state index is 13.7. The lowest BCUT2D eigenvalue weighted by Crippen LogP contribution is -2.42. The number of nitrogens with zero attached hydrogens (tertiary/aromatic N) is 4. The van der Waals surface area contributed by atoms with Crippen molar-refractivity contribution in [2.45, 2.75) is 76.5 Å². The van der Waals surface area contributed by atoms with E-state index >= 15 is 0 Å². The highest BCUT2D eigenvalue weighted by Gasteiger charge is 2.32. The molecule has 1 aromatic heterocycles. The molecular formula is C38H49Cl2N5O4S. The highest BCUT2D eigenvalue weighted by molar-refractivity contribution is 7.92. The lowest BCUT2D eigenvalue weighted by atomic mass is 9.95. The summed E-state index contributed by atoms with van der Waals surface area (Å²) in [6.07, 6.45) is 7.88. The van der Waals surface area contributed by atoms with Crippen LogP contribution < -0.4 is 9.46 Å². The number of aryl methyl sites for hydroxylation is 2. The number of anilines is 1. The Morgan fingerprint density at radius 2 is 1.68 bits per heavy atom. The van der Waals surface area contributed by atoms with Crippen molar-refractivity contribution < 1.29 is 17.9 Å². The number of fused-ring (bicyclic) bond motifs is 2. The molecule has 0 radical (unpaired) electrons. The molecule has 1 amide bonds. The fraction of sp³-hybridized carbons (Fsp3) is 0.447. The van der Waals surface area contributed by atoms with E-state index < -0.39 is 10.0 Å². The summed E-state index contributed by atoms with van der Waals surface area (Å²) in [5, 5.41) is 0.872. The summed E-state index contributed by atoms with van der Waals surface area (Å²) in [4.78, 5) is 21.0. The molecule has 1 unspecified atom stereocenters. The molecular weight excluding hydrogens is 693 g/mol. The van der Waals surface area contributed by atoms with Gasteiger partial charge in [0.2, 0.25) is 5.91 Å². The van der Waals surface area contributed by atoms with Crippen molar-refractivity contribution in [1.82, 2.24) is 19.3 Å². The van der Waals surface area contributed by atoms with Crippen LogP contribution in [0.25, 0.3) is 10.9 Å². The fourth-order valence-electron chi connectivity index (χ4n) is 8.05. The second kappa shape index (κ2) is 15.9. The van der Waals surface area contributed by atoms with Crippen LogP contribution in [-0.2, 0) is 40.9 Å². The minimum absolute atomic E-state index is 0. The molecule has 2 saturated heterocycles. The number of halogens is 2. The maximum Gasteiger partial charge on any atom is 0.262 e. The first-order valence-corrected chi connectivity index (χ1v) is 18.8. The predicted octanol–water partition coefficient (Wildman–Crippen LogP) is 6.56. The highest BCUT2D eigenvalue weighted by atomic mass is 35.5. The molecule has 2 fully saturated rings. The van der Waals surface area contributed by atoms with Crippen LogP contribution in [0.2, 0.25) is 0 Å². The third-order valence-corrected chi connectivity index (χ3v) is 12.1. The van der Waals surface area contributed by atoms with Gasteiger partial charge in [0.1, 0.15) is 12.3 Å². The van der Waals surface area contributed by atoms with Crippen molar-refractivity contribution in [3.63, 3.8) is 0 Å². The van der Waals surface area contributed by atoms with Crippen LogP contribution in [0.5, 0.6) is 5.75 Å². The number of amides is 1. The summed E-state index contributed by atoms with van der Waals surface area (Å²) in [5.41, 5.74) is 6.69. The van der Waals surface area contributed by atoms with Gasteiger partial charge < -0.3 is 14.2 Å². The van der Waals surface area contributed by atoms with Gasteiger partial charge in [-0.05, 0) is 105 Å². The maximum atomic E-state index is 13.7. The Balaban J connectivity index is 0.00000243. The minimum atomic E-state index is -3.90. The molecule has 0 aliphatic carbocycles. The Morgan fingerprint density at radius 3 is 2.42 bits per heavy atom. The van der Waals surface area contributed by atoms with Crippen LogP contribution in [0.3, 0.4) is 0 Å². The number of carbonyl (C=O) groups is 1. The smallest absolute Gasteiger partial charge is 0.262 e. The molecule has 4 aromatic rings. The molecule has 4 heterocycles. The first-order valence-electron chi connectivity index (χ1n) is 17.3. The summed E-state index contributed by atoms with van der Waals surface area (Å²) in [7, 11) is -2.34. The van der Waals surface area contributed by atoms with Gasteiger partial charge in [-0.2, -0.15) is 0 Å². The van der Waals surface area contributed by atoms with Crippen LogP contribution in [0.4, 0.5) is 5.69 Å². The first kappa shape index (κ1) is 38.0. The Hall–Kier alpha value is -3.28. The van der Waals surface area contributed by atoms with E-state index in [-0.39, 0.29) is 42.2 Å². The number of carbonyl (C=O) groups excluding carboxylic acids is 1. The zero-order chi connectivity index (χ0) is 33.4. The molecule has 3 aromatic carbocycles. The minimum Gasteiger partial charge on any atom is -0.497 e. The molecule has 270 valence electrons. The number of sulfonamides is 1. The molecule has 0 saturated carbocycles. The number of rotatable bonds is 9. The average molecular weight is 743 g/mol. The third kappa shape index (κ3) is 7.95. The van der Waals surface area contributed by atoms with E-state index in [1.54, 1.807) is 39.2 Å². The standard InChI is InChI=1S/C38H47N5O4S.2ClH/c1-27-20-34(47-3)21-28(2)38(27)48(45,46)39-35-9-7-8-30-12-18-43(37(30)35)26-36(44)42-19-14-33(25-42)41-17-13-31-22-29(10-11-32(31)24-41)23-40-15-5-4-6-16-40;;/h7-12,18,20-22,33,39H,4-6,13-17,19,23-26H2,1-3H3;2*1H. The fourth-order valence-corrected chi connectivity index (χ4v) is 9.57. The van der Waals surface area contributed by atoms with Crippen molar-refractivity contribution in [2.24, 2.45) is 0 Å². The Kier molecular flexibility index (Phi) is 12.1. The Morgan fingerprint density at radius 1 is 0.920 bits per heavy atom. The SMILES string of the molecule is COc1cc(C)c(S(=O)(=O)Nc2cccc3ccn(CC(=O)N4CCC(N5CCc6cc(CN7CCCCC7)ccc6C5)C4)c23)c(C)c1.Cl.Cl. The van der Waals surface area contributed by atoms with Crippen LogP contribution in [0.1, 0.15) is 53.5 Å². The van der Waals surface area contributed by atoms with Gasteiger partial charge in [0, 0.05) is 50.3 Å². The van der Waals surface area contributed by atoms with E-state index in [1.807, 2.05) is 33.9 Å². The monoisotopic (exact) mass is 741 g/mol. The quantitative estimate of drug-likeness (QED) is 0.209. The number of likely N-dealkylation sites (tertiary alicyclic amines) is 2. The van der Waals surface area contributed by atoms with E-state index in [0.29, 0.717) is 34.1 Å². The third-order valence-electron chi connectivity index (χ3n) is 10.5. The first-order chi connectivity index (χ1) is 23.2. The van der Waals surface area contributed by atoms with E-state index in [1.165, 1.54) is 49.0 Å². The largest absolute Gasteiger partial charge is 0.497 e. The number of nitrogens with one attached hydrogen (secondary N) is 1. The Bertz CT molecular complexity index is 1920. The number of aromatic nitrogens is 1. The van der Waals surface area contributed by atoms with Crippen LogP contribution in [0, 0.1) is 13.8 Å². The average Bonchev–Trinajstić information content (AvgIpc) is 3.73. The van der Waals surface area contributed by atoms with Crippen molar-refractivity contribution in [3.05, 3.63) is 88.6 Å². The lowest BCUT2D eigenvalue weighted by molar-refractivity contribution is -0.130. The second-order valence-corrected chi connectivity index (χ2v) is 15.4. The van der Waals surface area contributed by atoms with E-state index in [0.717, 1.165) is 51.0 Å². The van der Waals surface area contributed by atoms with Gasteiger partial charge in [-0.25, -0.2) is 8.42 Å². The zero-order valence-corrected chi connectivity index (χ0v) is 31.6. The van der Waals surface area contributed by atoms with Crippen LogP contribution in [-0.4, -0.2) is 79.5 Å². The topological polar surface area (TPSA) is 87.1 Å². The number of ether oxygens (including phenoxy) is 1. The molecule has 12 heteroatoms. The molecule has 3 aliphatic heterocycles. The van der Waals surface area contributed by atoms with E-state index in [9.17, 15) is 13.2 Å². The van der Waals surface area contributed by atoms with Crippen LogP contribution >= 0.6 is 24.8 Å². The molecule has 3 aliphatic rings. The van der Waals surface area contributed by atoms with E-state index in [2.05, 4.69) is 32.7 Å². The van der Waals surface area contributed by atoms with Crippen molar-refractivity contribution in [3.8, 4) is 5.75 Å². The summed E-state index contributed by atoms with van der Waals surface area (Å²) in [5.74, 6) is 0.666. The number of hydrogen-bond acceptors (Lipinski definition) is 6. The zero-order valence-electron chi connectivity index (χ0n) is 29.2. The molecule has 0 spiro atoms. The van der Waals surface area contributed by atoms with E-state index in [4.69, 9.17) is 4.74 Å². The molecule has 9 nitrogen and oxygen atoms in total. The number of para-hydroxylation sites is 1. The molecule has 7 rings (SSSR count). The molecule has 1 N–H and O–H groups in total. The highest BCUT2D eigenvalue weighted by Crippen LogP contribution is 2.32. The number of hydrogen-bond donors (Lipinski definition) is 1. The summed E-state index contributed by atoms with van der Waals surface area (Å²) < 4.78 is 37.4. The number of methoxy groups -OCH3 is 1.